The molecule has 102 valence electrons. The Labute approximate surface area is 108 Å². The highest BCUT2D eigenvalue weighted by molar-refractivity contribution is 5.02. The second-order valence-corrected chi connectivity index (χ2v) is 6.45. The van der Waals surface area contributed by atoms with Crippen LogP contribution in [0.3, 0.4) is 0 Å². The Morgan fingerprint density at radius 1 is 1.29 bits per heavy atom. The van der Waals surface area contributed by atoms with Crippen LogP contribution in [0.15, 0.2) is 0 Å². The van der Waals surface area contributed by atoms with Crippen LogP contribution in [0.2, 0.25) is 0 Å². The van der Waals surface area contributed by atoms with Gasteiger partial charge in [-0.3, -0.25) is 4.90 Å². The van der Waals surface area contributed by atoms with Crippen LogP contribution in [-0.2, 0) is 0 Å². The zero-order valence-corrected chi connectivity index (χ0v) is 12.5. The van der Waals surface area contributed by atoms with Crippen molar-refractivity contribution in [1.82, 2.24) is 4.90 Å². The van der Waals surface area contributed by atoms with Crippen molar-refractivity contribution in [3.8, 4) is 0 Å². The molecule has 1 aliphatic rings. The Kier molecular flexibility index (Phi) is 5.46. The fourth-order valence-corrected chi connectivity index (χ4v) is 3.78. The smallest absolute Gasteiger partial charge is 0.0362 e. The molecule has 0 heterocycles. The Hall–Kier alpha value is -0.0800. The summed E-state index contributed by atoms with van der Waals surface area (Å²) in [5.41, 5.74) is 6.49. The van der Waals surface area contributed by atoms with Gasteiger partial charge in [0.05, 0.1) is 0 Å². The highest BCUT2D eigenvalue weighted by Gasteiger charge is 2.46. The van der Waals surface area contributed by atoms with Crippen molar-refractivity contribution in [3.05, 3.63) is 0 Å². The molecule has 2 unspecified atom stereocenters. The summed E-state index contributed by atoms with van der Waals surface area (Å²) in [6.07, 6.45) is 5.30. The first kappa shape index (κ1) is 15.0. The number of nitrogens with zero attached hydrogens (tertiary/aromatic N) is 1. The Morgan fingerprint density at radius 3 is 2.35 bits per heavy atom. The second-order valence-electron chi connectivity index (χ2n) is 6.45. The molecule has 0 radical (unpaired) electrons. The lowest BCUT2D eigenvalue weighted by molar-refractivity contribution is 0.0183. The van der Waals surface area contributed by atoms with Crippen molar-refractivity contribution < 1.29 is 0 Å². The Balaban J connectivity index is 2.94. The molecule has 2 N–H and O–H groups in total. The van der Waals surface area contributed by atoms with Gasteiger partial charge >= 0.3 is 0 Å². The van der Waals surface area contributed by atoms with Gasteiger partial charge in [-0.25, -0.2) is 0 Å². The first-order valence-electron chi connectivity index (χ1n) is 7.44. The van der Waals surface area contributed by atoms with Crippen LogP contribution in [0.4, 0.5) is 0 Å². The van der Waals surface area contributed by atoms with Crippen molar-refractivity contribution in [1.29, 1.82) is 0 Å². The minimum atomic E-state index is 0.285. The molecule has 0 aromatic heterocycles. The Morgan fingerprint density at radius 2 is 1.94 bits per heavy atom. The van der Waals surface area contributed by atoms with E-state index in [0.717, 1.165) is 18.4 Å². The number of hydrogen-bond donors (Lipinski definition) is 1. The lowest BCUT2D eigenvalue weighted by Crippen LogP contribution is -2.59. The largest absolute Gasteiger partial charge is 0.329 e. The average Bonchev–Trinajstić information content (AvgIpc) is 2.69. The molecule has 1 fully saturated rings. The summed E-state index contributed by atoms with van der Waals surface area (Å²) in [5, 5.41) is 0. The predicted molar refractivity (Wildman–Crippen MR) is 76.1 cm³/mol. The lowest BCUT2D eigenvalue weighted by atomic mass is 9.82. The van der Waals surface area contributed by atoms with Crippen LogP contribution in [-0.4, -0.2) is 29.6 Å². The second kappa shape index (κ2) is 6.19. The maximum atomic E-state index is 6.21. The van der Waals surface area contributed by atoms with Crippen molar-refractivity contribution in [2.24, 2.45) is 17.6 Å². The molecule has 0 amide bonds. The molecule has 0 saturated heterocycles. The predicted octanol–water partition coefficient (Wildman–Crippen LogP) is 3.26. The van der Waals surface area contributed by atoms with Gasteiger partial charge in [0.2, 0.25) is 0 Å². The van der Waals surface area contributed by atoms with Crippen LogP contribution in [0.5, 0.6) is 0 Å². The summed E-state index contributed by atoms with van der Waals surface area (Å²) in [6, 6.07) is 0.605. The summed E-state index contributed by atoms with van der Waals surface area (Å²) < 4.78 is 0. The highest BCUT2D eigenvalue weighted by Crippen LogP contribution is 2.42. The molecule has 1 rings (SSSR count). The summed E-state index contributed by atoms with van der Waals surface area (Å²) in [7, 11) is 0. The molecule has 17 heavy (non-hydrogen) atoms. The molecule has 0 bridgehead atoms. The van der Waals surface area contributed by atoms with Crippen LogP contribution in [0.1, 0.15) is 60.3 Å². The lowest BCUT2D eigenvalue weighted by Gasteiger charge is -2.48. The third-order valence-electron chi connectivity index (χ3n) is 4.53. The summed E-state index contributed by atoms with van der Waals surface area (Å²) >= 11 is 0. The molecule has 2 nitrogen and oxygen atoms in total. The minimum absolute atomic E-state index is 0.285. The standard InChI is InChI=1S/C15H32N2/c1-6-14-8-7-9-15(14,11-16)17(13(4)5)10-12(2)3/h12-14H,6-11,16H2,1-5H3. The van der Waals surface area contributed by atoms with Gasteiger partial charge < -0.3 is 5.73 Å². The maximum Gasteiger partial charge on any atom is 0.0362 e. The average molecular weight is 240 g/mol. The van der Waals surface area contributed by atoms with E-state index in [4.69, 9.17) is 5.73 Å². The SMILES string of the molecule is CCC1CCCC1(CN)N(CC(C)C)C(C)C. The molecule has 0 aromatic carbocycles. The van der Waals surface area contributed by atoms with E-state index in [-0.39, 0.29) is 5.54 Å². The topological polar surface area (TPSA) is 29.3 Å². The number of hydrogen-bond acceptors (Lipinski definition) is 2. The monoisotopic (exact) mass is 240 g/mol. The van der Waals surface area contributed by atoms with Crippen LogP contribution in [0.25, 0.3) is 0 Å². The normalized spacial score (nSPS) is 29.8. The van der Waals surface area contributed by atoms with Crippen LogP contribution < -0.4 is 5.73 Å². The quantitative estimate of drug-likeness (QED) is 0.772. The van der Waals surface area contributed by atoms with E-state index < -0.39 is 0 Å². The first-order valence-corrected chi connectivity index (χ1v) is 7.44. The third-order valence-corrected chi connectivity index (χ3v) is 4.53. The molecule has 0 spiro atoms. The van der Waals surface area contributed by atoms with Crippen LogP contribution in [0, 0.1) is 11.8 Å². The van der Waals surface area contributed by atoms with E-state index in [1.165, 1.54) is 32.2 Å². The number of nitrogens with two attached hydrogens (primary N) is 1. The molecule has 1 aliphatic carbocycles. The van der Waals surface area contributed by atoms with Gasteiger partial charge in [0.1, 0.15) is 0 Å². The van der Waals surface area contributed by atoms with Crippen molar-refractivity contribution in [2.75, 3.05) is 13.1 Å². The third kappa shape index (κ3) is 3.03. The Bertz CT molecular complexity index is 225. The van der Waals surface area contributed by atoms with Gasteiger partial charge in [-0.1, -0.05) is 33.6 Å². The van der Waals surface area contributed by atoms with E-state index in [1.54, 1.807) is 0 Å². The zero-order chi connectivity index (χ0) is 13.1. The molecule has 0 aliphatic heterocycles. The van der Waals surface area contributed by atoms with E-state index in [2.05, 4.69) is 39.5 Å². The van der Waals surface area contributed by atoms with E-state index >= 15 is 0 Å². The first-order chi connectivity index (χ1) is 7.97. The summed E-state index contributed by atoms with van der Waals surface area (Å²) in [4.78, 5) is 2.71. The van der Waals surface area contributed by atoms with E-state index in [9.17, 15) is 0 Å². The molecular formula is C15H32N2. The van der Waals surface area contributed by atoms with Crippen molar-refractivity contribution in [3.63, 3.8) is 0 Å². The van der Waals surface area contributed by atoms with Crippen molar-refractivity contribution in [2.45, 2.75) is 71.9 Å². The summed E-state index contributed by atoms with van der Waals surface area (Å²) in [6.45, 7) is 13.6. The van der Waals surface area contributed by atoms with Crippen molar-refractivity contribution >= 4 is 0 Å². The van der Waals surface area contributed by atoms with Gasteiger partial charge in [0, 0.05) is 24.7 Å². The molecule has 2 atom stereocenters. The fourth-order valence-electron chi connectivity index (χ4n) is 3.78. The molecule has 0 aromatic rings. The molecule has 2 heteroatoms. The van der Waals surface area contributed by atoms with Gasteiger partial charge in [-0.15, -0.1) is 0 Å². The molecule has 1 saturated carbocycles. The summed E-state index contributed by atoms with van der Waals surface area (Å²) in [5.74, 6) is 1.52. The van der Waals surface area contributed by atoms with E-state index in [1.807, 2.05) is 0 Å². The highest BCUT2D eigenvalue weighted by atomic mass is 15.2. The van der Waals surface area contributed by atoms with Gasteiger partial charge in [0.15, 0.2) is 0 Å². The fraction of sp³-hybridized carbons (Fsp3) is 1.00. The molecular weight excluding hydrogens is 208 g/mol. The maximum absolute atomic E-state index is 6.21. The number of rotatable bonds is 6. The minimum Gasteiger partial charge on any atom is -0.329 e. The van der Waals surface area contributed by atoms with Gasteiger partial charge in [0.25, 0.3) is 0 Å². The van der Waals surface area contributed by atoms with Gasteiger partial charge in [-0.05, 0) is 38.5 Å². The van der Waals surface area contributed by atoms with Gasteiger partial charge in [-0.2, -0.15) is 0 Å². The van der Waals surface area contributed by atoms with E-state index in [0.29, 0.717) is 6.04 Å². The van der Waals surface area contributed by atoms with Crippen LogP contribution >= 0.6 is 0 Å². The zero-order valence-electron chi connectivity index (χ0n) is 12.5.